The van der Waals surface area contributed by atoms with Crippen LogP contribution < -0.4 is 0 Å². The van der Waals surface area contributed by atoms with E-state index in [0.717, 1.165) is 9.61 Å². The van der Waals surface area contributed by atoms with Crippen LogP contribution in [0.3, 0.4) is 0 Å². The van der Waals surface area contributed by atoms with Gasteiger partial charge < -0.3 is 0 Å². The van der Waals surface area contributed by atoms with Crippen molar-refractivity contribution in [1.29, 1.82) is 0 Å². The highest BCUT2D eigenvalue weighted by Gasteiger charge is 1.96. The van der Waals surface area contributed by atoms with Crippen molar-refractivity contribution >= 4 is 33.3 Å². The second-order valence-electron chi connectivity index (χ2n) is 1.81. The van der Waals surface area contributed by atoms with Crippen molar-refractivity contribution in [1.82, 2.24) is 4.98 Å². The Morgan fingerprint density at radius 2 is 2.64 bits per heavy atom. The van der Waals surface area contributed by atoms with Gasteiger partial charge >= 0.3 is 0 Å². The molecule has 0 aliphatic rings. The van der Waals surface area contributed by atoms with Crippen LogP contribution in [0.2, 0.25) is 0 Å². The molecule has 0 N–H and O–H groups in total. The number of carbonyl (C=O) groups excluding carboxylic acids is 1. The maximum atomic E-state index is 9.68. The monoisotopic (exact) mass is 232 g/mol. The molecule has 58 valence electrons. The fraction of sp³-hybridized carbons (Fsp3) is 0.333. The summed E-state index contributed by atoms with van der Waals surface area (Å²) in [6.07, 6.45) is 2.19. The SMILES string of the molecule is O=C=NCCc1csc(Br)n1. The van der Waals surface area contributed by atoms with Crippen LogP contribution in [0.4, 0.5) is 0 Å². The Balaban J connectivity index is 2.44. The third kappa shape index (κ3) is 2.93. The zero-order chi connectivity index (χ0) is 8.10. The van der Waals surface area contributed by atoms with E-state index in [4.69, 9.17) is 0 Å². The van der Waals surface area contributed by atoms with E-state index < -0.39 is 0 Å². The zero-order valence-corrected chi connectivity index (χ0v) is 7.98. The highest BCUT2D eigenvalue weighted by molar-refractivity contribution is 9.11. The van der Waals surface area contributed by atoms with Crippen LogP contribution in [0.1, 0.15) is 5.69 Å². The Bertz CT molecular complexity index is 280. The molecule has 1 rings (SSSR count). The zero-order valence-electron chi connectivity index (χ0n) is 5.58. The van der Waals surface area contributed by atoms with Gasteiger partial charge in [0.25, 0.3) is 0 Å². The van der Waals surface area contributed by atoms with Crippen LogP contribution in [-0.4, -0.2) is 17.6 Å². The molecule has 0 saturated carbocycles. The summed E-state index contributed by atoms with van der Waals surface area (Å²) < 4.78 is 0.864. The Labute approximate surface area is 76.3 Å². The first-order chi connectivity index (χ1) is 5.33. The fourth-order valence-corrected chi connectivity index (χ4v) is 1.70. The Hall–Kier alpha value is -0.510. The van der Waals surface area contributed by atoms with E-state index >= 15 is 0 Å². The van der Waals surface area contributed by atoms with E-state index in [1.165, 1.54) is 17.4 Å². The molecule has 0 unspecified atom stereocenters. The van der Waals surface area contributed by atoms with Crippen LogP contribution in [0.5, 0.6) is 0 Å². The van der Waals surface area contributed by atoms with E-state index in [1.54, 1.807) is 0 Å². The number of hydrogen-bond donors (Lipinski definition) is 0. The molecule has 0 aliphatic carbocycles. The molecule has 0 aliphatic heterocycles. The molecule has 0 spiro atoms. The maximum absolute atomic E-state index is 9.68. The average molecular weight is 233 g/mol. The van der Waals surface area contributed by atoms with Crippen LogP contribution in [0, 0.1) is 0 Å². The van der Waals surface area contributed by atoms with E-state index in [0.29, 0.717) is 13.0 Å². The number of nitrogens with zero attached hydrogens (tertiary/aromatic N) is 2. The highest BCUT2D eigenvalue weighted by atomic mass is 79.9. The standard InChI is InChI=1S/C6H5BrN2OS/c7-6-9-5(3-11-6)1-2-8-4-10/h3H,1-2H2. The first kappa shape index (κ1) is 8.59. The van der Waals surface area contributed by atoms with Crippen molar-refractivity contribution in [2.75, 3.05) is 6.54 Å². The molecule has 11 heavy (non-hydrogen) atoms. The lowest BCUT2D eigenvalue weighted by Gasteiger charge is -1.85. The molecule has 1 heterocycles. The number of halogens is 1. The number of aliphatic imine (C=N–C) groups is 1. The first-order valence-electron chi connectivity index (χ1n) is 2.96. The third-order valence-electron chi connectivity index (χ3n) is 1.07. The Morgan fingerprint density at radius 3 is 3.18 bits per heavy atom. The van der Waals surface area contributed by atoms with Crippen molar-refractivity contribution < 1.29 is 4.79 Å². The van der Waals surface area contributed by atoms with Gasteiger partial charge in [0.05, 0.1) is 12.2 Å². The van der Waals surface area contributed by atoms with Gasteiger partial charge in [0.15, 0.2) is 3.92 Å². The molecule has 0 amide bonds. The summed E-state index contributed by atoms with van der Waals surface area (Å²) in [6, 6.07) is 0. The number of aromatic nitrogens is 1. The number of rotatable bonds is 3. The summed E-state index contributed by atoms with van der Waals surface area (Å²) in [5, 5.41) is 1.93. The lowest BCUT2D eigenvalue weighted by Crippen LogP contribution is -1.88. The van der Waals surface area contributed by atoms with Crippen molar-refractivity contribution in [3.8, 4) is 0 Å². The number of thiazole rings is 1. The van der Waals surface area contributed by atoms with Crippen molar-refractivity contribution in [3.05, 3.63) is 15.0 Å². The van der Waals surface area contributed by atoms with Crippen LogP contribution in [-0.2, 0) is 11.2 Å². The number of hydrogen-bond acceptors (Lipinski definition) is 4. The minimum Gasteiger partial charge on any atom is -0.234 e. The first-order valence-corrected chi connectivity index (χ1v) is 4.63. The second kappa shape index (κ2) is 4.38. The third-order valence-corrected chi connectivity index (χ3v) is 2.48. The summed E-state index contributed by atoms with van der Waals surface area (Å²) in [5.41, 5.74) is 0.959. The summed E-state index contributed by atoms with van der Waals surface area (Å²) >= 11 is 4.77. The highest BCUT2D eigenvalue weighted by Crippen LogP contribution is 2.15. The minimum atomic E-state index is 0.472. The molecule has 0 fully saturated rings. The lowest BCUT2D eigenvalue weighted by molar-refractivity contribution is 0.563. The molecule has 3 nitrogen and oxygen atoms in total. The van der Waals surface area contributed by atoms with Gasteiger partial charge in [-0.05, 0) is 15.9 Å². The maximum Gasteiger partial charge on any atom is 0.234 e. The van der Waals surface area contributed by atoms with Crippen molar-refractivity contribution in [3.63, 3.8) is 0 Å². The van der Waals surface area contributed by atoms with Gasteiger partial charge in [0.1, 0.15) is 0 Å². The van der Waals surface area contributed by atoms with Gasteiger partial charge in [0, 0.05) is 11.8 Å². The van der Waals surface area contributed by atoms with Crippen molar-refractivity contribution in [2.45, 2.75) is 6.42 Å². The summed E-state index contributed by atoms with van der Waals surface area (Å²) in [6.45, 7) is 0.472. The quantitative estimate of drug-likeness (QED) is 0.589. The molecule has 0 aromatic carbocycles. The normalized spacial score (nSPS) is 9.18. The topological polar surface area (TPSA) is 42.3 Å². The molecule has 0 radical (unpaired) electrons. The Kier molecular flexibility index (Phi) is 3.42. The smallest absolute Gasteiger partial charge is 0.234 e. The molecular formula is C6H5BrN2OS. The fourth-order valence-electron chi connectivity index (χ4n) is 0.613. The molecule has 1 aromatic heterocycles. The van der Waals surface area contributed by atoms with E-state index in [1.807, 2.05) is 5.38 Å². The molecule has 0 saturated heterocycles. The van der Waals surface area contributed by atoms with Gasteiger partial charge in [-0.2, -0.15) is 0 Å². The lowest BCUT2D eigenvalue weighted by atomic mass is 10.3. The van der Waals surface area contributed by atoms with E-state index in [2.05, 4.69) is 25.9 Å². The average Bonchev–Trinajstić information content (AvgIpc) is 2.37. The van der Waals surface area contributed by atoms with Crippen LogP contribution >= 0.6 is 27.3 Å². The summed E-state index contributed by atoms with van der Waals surface area (Å²) in [4.78, 5) is 17.2. The molecule has 5 heteroatoms. The van der Waals surface area contributed by atoms with Gasteiger partial charge in [-0.15, -0.1) is 11.3 Å². The predicted octanol–water partition coefficient (Wildman–Crippen LogP) is 1.78. The molecular weight excluding hydrogens is 228 g/mol. The minimum absolute atomic E-state index is 0.472. The van der Waals surface area contributed by atoms with Gasteiger partial charge in [0.2, 0.25) is 6.08 Å². The molecule has 0 atom stereocenters. The number of isocyanates is 1. The summed E-state index contributed by atoms with van der Waals surface area (Å²) in [5.74, 6) is 0. The van der Waals surface area contributed by atoms with E-state index in [9.17, 15) is 4.79 Å². The van der Waals surface area contributed by atoms with Gasteiger partial charge in [-0.25, -0.2) is 14.8 Å². The summed E-state index contributed by atoms with van der Waals surface area (Å²) in [7, 11) is 0. The van der Waals surface area contributed by atoms with Crippen LogP contribution in [0.25, 0.3) is 0 Å². The molecule has 1 aromatic rings. The second-order valence-corrected chi connectivity index (χ2v) is 3.95. The van der Waals surface area contributed by atoms with Gasteiger partial charge in [-0.1, -0.05) is 0 Å². The predicted molar refractivity (Wildman–Crippen MR) is 46.5 cm³/mol. The molecule has 0 bridgehead atoms. The van der Waals surface area contributed by atoms with E-state index in [-0.39, 0.29) is 0 Å². The Morgan fingerprint density at radius 1 is 1.82 bits per heavy atom. The van der Waals surface area contributed by atoms with Crippen molar-refractivity contribution in [2.24, 2.45) is 4.99 Å². The van der Waals surface area contributed by atoms with Gasteiger partial charge in [-0.3, -0.25) is 0 Å². The largest absolute Gasteiger partial charge is 0.234 e. The van der Waals surface area contributed by atoms with Crippen LogP contribution in [0.15, 0.2) is 14.3 Å².